The van der Waals surface area contributed by atoms with E-state index in [1.165, 1.54) is 5.56 Å². The van der Waals surface area contributed by atoms with Crippen LogP contribution in [0.1, 0.15) is 18.1 Å². The summed E-state index contributed by atoms with van der Waals surface area (Å²) in [6, 6.07) is 15.0. The van der Waals surface area contributed by atoms with Gasteiger partial charge in [-0.2, -0.15) is 5.26 Å². The average molecular weight is 253 g/mol. The summed E-state index contributed by atoms with van der Waals surface area (Å²) in [6.45, 7) is 2.09. The first-order chi connectivity index (χ1) is 9.26. The second-order valence-electron chi connectivity index (χ2n) is 4.08. The molecule has 0 atom stereocenters. The lowest BCUT2D eigenvalue weighted by Gasteiger charge is -2.11. The van der Waals surface area contributed by atoms with Crippen molar-refractivity contribution in [2.45, 2.75) is 13.3 Å². The van der Waals surface area contributed by atoms with Crippen molar-refractivity contribution in [2.24, 2.45) is 0 Å². The molecule has 96 valence electrons. The van der Waals surface area contributed by atoms with Crippen molar-refractivity contribution in [2.75, 3.05) is 7.11 Å². The third-order valence-corrected chi connectivity index (χ3v) is 2.83. The van der Waals surface area contributed by atoms with Crippen molar-refractivity contribution < 1.29 is 9.47 Å². The molecule has 0 amide bonds. The van der Waals surface area contributed by atoms with Gasteiger partial charge in [0.05, 0.1) is 18.7 Å². The lowest BCUT2D eigenvalue weighted by atomic mass is 10.1. The van der Waals surface area contributed by atoms with E-state index in [1.807, 2.05) is 24.3 Å². The fraction of sp³-hybridized carbons (Fsp3) is 0.188. The molecular formula is C16H15NO2. The number of hydrogen-bond acceptors (Lipinski definition) is 3. The highest BCUT2D eigenvalue weighted by atomic mass is 16.5. The molecule has 2 aromatic rings. The minimum Gasteiger partial charge on any atom is -0.493 e. The third kappa shape index (κ3) is 3.05. The maximum Gasteiger partial charge on any atom is 0.169 e. The van der Waals surface area contributed by atoms with Crippen LogP contribution in [0.15, 0.2) is 42.5 Å². The summed E-state index contributed by atoms with van der Waals surface area (Å²) in [4.78, 5) is 0. The second-order valence-corrected chi connectivity index (χ2v) is 4.08. The highest BCUT2D eigenvalue weighted by Crippen LogP contribution is 2.32. The second kappa shape index (κ2) is 5.92. The number of rotatable bonds is 4. The Balaban J connectivity index is 2.30. The molecule has 0 saturated heterocycles. The maximum absolute atomic E-state index is 8.87. The zero-order chi connectivity index (χ0) is 13.7. The number of benzene rings is 2. The Hall–Kier alpha value is -2.47. The van der Waals surface area contributed by atoms with E-state index in [2.05, 4.69) is 13.0 Å². The van der Waals surface area contributed by atoms with Gasteiger partial charge in [-0.1, -0.05) is 19.1 Å². The van der Waals surface area contributed by atoms with Crippen molar-refractivity contribution >= 4 is 0 Å². The summed E-state index contributed by atoms with van der Waals surface area (Å²) in [6.07, 6.45) is 0.945. The van der Waals surface area contributed by atoms with Crippen LogP contribution in [0, 0.1) is 11.3 Å². The quantitative estimate of drug-likeness (QED) is 0.829. The summed E-state index contributed by atoms with van der Waals surface area (Å²) in [7, 11) is 1.62. The monoisotopic (exact) mass is 253 g/mol. The molecule has 2 aromatic carbocycles. The molecule has 2 rings (SSSR count). The Morgan fingerprint density at radius 3 is 2.63 bits per heavy atom. The molecule has 0 unspecified atom stereocenters. The van der Waals surface area contributed by atoms with Crippen LogP contribution in [0.25, 0.3) is 0 Å². The SMILES string of the molecule is CCc1ccc(Oc2cccc(C#N)c2)c(OC)c1. The van der Waals surface area contributed by atoms with Crippen molar-refractivity contribution in [3.63, 3.8) is 0 Å². The predicted octanol–water partition coefficient (Wildman–Crippen LogP) is 3.92. The fourth-order valence-corrected chi connectivity index (χ4v) is 1.77. The summed E-state index contributed by atoms with van der Waals surface area (Å²) in [5.74, 6) is 1.97. The van der Waals surface area contributed by atoms with E-state index < -0.39 is 0 Å². The maximum atomic E-state index is 8.87. The van der Waals surface area contributed by atoms with Gasteiger partial charge in [-0.05, 0) is 42.3 Å². The first-order valence-electron chi connectivity index (χ1n) is 6.11. The molecule has 0 N–H and O–H groups in total. The van der Waals surface area contributed by atoms with Gasteiger partial charge in [-0.15, -0.1) is 0 Å². The van der Waals surface area contributed by atoms with E-state index >= 15 is 0 Å². The van der Waals surface area contributed by atoms with Gasteiger partial charge in [0.1, 0.15) is 5.75 Å². The van der Waals surface area contributed by atoms with Gasteiger partial charge >= 0.3 is 0 Å². The van der Waals surface area contributed by atoms with Gasteiger partial charge in [-0.3, -0.25) is 0 Å². The van der Waals surface area contributed by atoms with Gasteiger partial charge in [0.2, 0.25) is 0 Å². The van der Waals surface area contributed by atoms with Crippen molar-refractivity contribution in [3.8, 4) is 23.3 Å². The molecule has 0 saturated carbocycles. The number of aryl methyl sites for hydroxylation is 1. The van der Waals surface area contributed by atoms with E-state index in [4.69, 9.17) is 14.7 Å². The minimum absolute atomic E-state index is 0.571. The molecule has 0 aromatic heterocycles. The van der Waals surface area contributed by atoms with Gasteiger partial charge in [-0.25, -0.2) is 0 Å². The molecule has 0 aliphatic heterocycles. The summed E-state index contributed by atoms with van der Waals surface area (Å²) < 4.78 is 11.1. The van der Waals surface area contributed by atoms with Crippen LogP contribution >= 0.6 is 0 Å². The lowest BCUT2D eigenvalue weighted by molar-refractivity contribution is 0.378. The van der Waals surface area contributed by atoms with E-state index in [0.29, 0.717) is 22.8 Å². The van der Waals surface area contributed by atoms with E-state index in [-0.39, 0.29) is 0 Å². The van der Waals surface area contributed by atoms with Crippen molar-refractivity contribution in [1.29, 1.82) is 5.26 Å². The molecule has 0 bridgehead atoms. The van der Waals surface area contributed by atoms with Crippen LogP contribution in [-0.4, -0.2) is 7.11 Å². The van der Waals surface area contributed by atoms with Crippen LogP contribution < -0.4 is 9.47 Å². The molecule has 3 nitrogen and oxygen atoms in total. The summed E-state index contributed by atoms with van der Waals surface area (Å²) in [5, 5.41) is 8.87. The van der Waals surface area contributed by atoms with Crippen molar-refractivity contribution in [3.05, 3.63) is 53.6 Å². The summed E-state index contributed by atoms with van der Waals surface area (Å²) >= 11 is 0. The molecule has 0 fully saturated rings. The third-order valence-electron chi connectivity index (χ3n) is 2.83. The van der Waals surface area contributed by atoms with Crippen LogP contribution in [0.4, 0.5) is 0 Å². The first-order valence-corrected chi connectivity index (χ1v) is 6.11. The zero-order valence-electron chi connectivity index (χ0n) is 11.0. The summed E-state index contributed by atoms with van der Waals surface area (Å²) in [5.41, 5.74) is 1.76. The Morgan fingerprint density at radius 1 is 1.11 bits per heavy atom. The Bertz CT molecular complexity index is 614. The number of hydrogen-bond donors (Lipinski definition) is 0. The average Bonchev–Trinajstić information content (AvgIpc) is 2.48. The largest absolute Gasteiger partial charge is 0.493 e. The van der Waals surface area contributed by atoms with Crippen LogP contribution in [0.2, 0.25) is 0 Å². The van der Waals surface area contributed by atoms with Crippen LogP contribution in [0.3, 0.4) is 0 Å². The standard InChI is InChI=1S/C16H15NO2/c1-3-12-7-8-15(16(10-12)18-2)19-14-6-4-5-13(9-14)11-17/h4-10H,3H2,1-2H3. The zero-order valence-corrected chi connectivity index (χ0v) is 11.0. The fourth-order valence-electron chi connectivity index (χ4n) is 1.77. The Morgan fingerprint density at radius 2 is 1.95 bits per heavy atom. The Labute approximate surface area is 113 Å². The van der Waals surface area contributed by atoms with Crippen LogP contribution in [0.5, 0.6) is 17.2 Å². The highest BCUT2D eigenvalue weighted by molar-refractivity contribution is 5.46. The minimum atomic E-state index is 0.571. The molecule has 3 heteroatoms. The molecule has 0 aliphatic carbocycles. The van der Waals surface area contributed by atoms with E-state index in [1.54, 1.807) is 25.3 Å². The normalized spacial score (nSPS) is 9.74. The molecule has 0 spiro atoms. The van der Waals surface area contributed by atoms with Gasteiger partial charge in [0, 0.05) is 0 Å². The molecular weight excluding hydrogens is 238 g/mol. The topological polar surface area (TPSA) is 42.2 Å². The number of methoxy groups -OCH3 is 1. The highest BCUT2D eigenvalue weighted by Gasteiger charge is 2.07. The molecule has 0 radical (unpaired) electrons. The molecule has 0 aliphatic rings. The Kier molecular flexibility index (Phi) is 4.04. The molecule has 19 heavy (non-hydrogen) atoms. The smallest absolute Gasteiger partial charge is 0.169 e. The number of nitrogens with zero attached hydrogens (tertiary/aromatic N) is 1. The van der Waals surface area contributed by atoms with E-state index in [0.717, 1.165) is 6.42 Å². The number of ether oxygens (including phenoxy) is 2. The van der Waals surface area contributed by atoms with Crippen molar-refractivity contribution in [1.82, 2.24) is 0 Å². The number of nitriles is 1. The van der Waals surface area contributed by atoms with Gasteiger partial charge in [0.25, 0.3) is 0 Å². The predicted molar refractivity (Wildman–Crippen MR) is 73.6 cm³/mol. The van der Waals surface area contributed by atoms with E-state index in [9.17, 15) is 0 Å². The first kappa shape index (κ1) is 13.0. The van der Waals surface area contributed by atoms with Gasteiger partial charge < -0.3 is 9.47 Å². The van der Waals surface area contributed by atoms with Crippen LogP contribution in [-0.2, 0) is 6.42 Å². The van der Waals surface area contributed by atoms with Gasteiger partial charge in [0.15, 0.2) is 11.5 Å². The lowest BCUT2D eigenvalue weighted by Crippen LogP contribution is -1.92. The molecule has 0 heterocycles.